The maximum absolute atomic E-state index is 12.6. The van der Waals surface area contributed by atoms with Gasteiger partial charge in [0.05, 0.1) is 11.7 Å². The Kier molecular flexibility index (Phi) is 4.05. The van der Waals surface area contributed by atoms with Crippen LogP contribution in [-0.2, 0) is 4.79 Å². The third-order valence-electron chi connectivity index (χ3n) is 4.89. The second-order valence-electron chi connectivity index (χ2n) is 6.63. The summed E-state index contributed by atoms with van der Waals surface area (Å²) < 4.78 is 37.7. The smallest absolute Gasteiger partial charge is 0.346 e. The van der Waals surface area contributed by atoms with Crippen LogP contribution in [0.25, 0.3) is 21.9 Å². The number of hydrogen-bond acceptors (Lipinski definition) is 3. The number of aromatic nitrogens is 3. The van der Waals surface area contributed by atoms with Gasteiger partial charge < -0.3 is 9.88 Å². The van der Waals surface area contributed by atoms with E-state index in [4.69, 9.17) is 0 Å². The molecule has 4 rings (SSSR count). The van der Waals surface area contributed by atoms with Crippen molar-refractivity contribution in [3.63, 3.8) is 0 Å². The van der Waals surface area contributed by atoms with E-state index in [9.17, 15) is 18.0 Å². The first-order valence-corrected chi connectivity index (χ1v) is 8.47. The number of pyridine rings is 2. The van der Waals surface area contributed by atoms with E-state index >= 15 is 0 Å². The highest BCUT2D eigenvalue weighted by Gasteiger charge is 2.35. The molecule has 0 radical (unpaired) electrons. The Morgan fingerprint density at radius 2 is 2.15 bits per heavy atom. The lowest BCUT2D eigenvalue weighted by Gasteiger charge is -2.33. The molecule has 0 bridgehead atoms. The van der Waals surface area contributed by atoms with Gasteiger partial charge in [0.1, 0.15) is 12.1 Å². The first-order valence-electron chi connectivity index (χ1n) is 8.47. The molecule has 1 N–H and O–H groups in total. The van der Waals surface area contributed by atoms with Gasteiger partial charge in [-0.15, -0.1) is 0 Å². The molecule has 3 aromatic heterocycles. The second-order valence-corrected chi connectivity index (χ2v) is 6.63. The van der Waals surface area contributed by atoms with Gasteiger partial charge in [-0.3, -0.25) is 9.78 Å². The first kappa shape index (κ1) is 16.8. The number of halogens is 3. The van der Waals surface area contributed by atoms with E-state index in [1.54, 1.807) is 18.6 Å². The summed E-state index contributed by atoms with van der Waals surface area (Å²) in [7, 11) is 0. The molecule has 0 unspecified atom stereocenters. The lowest BCUT2D eigenvalue weighted by Crippen LogP contribution is -2.40. The molecule has 8 heteroatoms. The molecular formula is C18H17F3N4O. The van der Waals surface area contributed by atoms with Crippen LogP contribution < -0.4 is 0 Å². The van der Waals surface area contributed by atoms with Gasteiger partial charge in [-0.25, -0.2) is 4.98 Å². The number of fused-ring (bicyclic) bond motifs is 3. The number of nitrogens with zero attached hydrogens (tertiary/aromatic N) is 3. The number of carbonyl (C=O) groups excluding carboxylic acids is 1. The van der Waals surface area contributed by atoms with Crippen molar-refractivity contribution >= 4 is 27.8 Å². The minimum absolute atomic E-state index is 0.0214. The van der Waals surface area contributed by atoms with Crippen LogP contribution in [0.1, 0.15) is 30.7 Å². The van der Waals surface area contributed by atoms with Gasteiger partial charge in [0.2, 0.25) is 5.91 Å². The molecule has 1 saturated heterocycles. The molecule has 1 atom stereocenters. The van der Waals surface area contributed by atoms with Gasteiger partial charge in [0, 0.05) is 42.2 Å². The van der Waals surface area contributed by atoms with Crippen molar-refractivity contribution in [3.8, 4) is 0 Å². The summed E-state index contributed by atoms with van der Waals surface area (Å²) in [6.45, 7) is 0.665. The van der Waals surface area contributed by atoms with Crippen molar-refractivity contribution in [2.45, 2.75) is 31.4 Å². The van der Waals surface area contributed by atoms with Crippen LogP contribution in [0, 0.1) is 0 Å². The van der Waals surface area contributed by atoms with E-state index in [0.29, 0.717) is 19.5 Å². The molecule has 0 saturated carbocycles. The monoisotopic (exact) mass is 362 g/mol. The minimum atomic E-state index is -4.48. The van der Waals surface area contributed by atoms with Gasteiger partial charge in [-0.1, -0.05) is 0 Å². The predicted octanol–water partition coefficient (Wildman–Crippen LogP) is 3.77. The maximum Gasteiger partial charge on any atom is 0.397 e. The highest BCUT2D eigenvalue weighted by atomic mass is 19.4. The number of H-pyrrole nitrogens is 1. The zero-order valence-corrected chi connectivity index (χ0v) is 13.9. The number of piperidine rings is 1. The Labute approximate surface area is 147 Å². The number of rotatable bonds is 2. The quantitative estimate of drug-likeness (QED) is 0.755. The molecule has 1 aliphatic rings. The summed E-state index contributed by atoms with van der Waals surface area (Å²) in [6, 6.07) is 3.82. The molecule has 1 amide bonds. The molecule has 26 heavy (non-hydrogen) atoms. The van der Waals surface area contributed by atoms with Crippen molar-refractivity contribution in [1.29, 1.82) is 0 Å². The number of hydrogen-bond donors (Lipinski definition) is 1. The maximum atomic E-state index is 12.6. The summed E-state index contributed by atoms with van der Waals surface area (Å²) in [6.07, 6.45) is 0.803. The zero-order valence-electron chi connectivity index (χ0n) is 13.9. The fraction of sp³-hybridized carbons (Fsp3) is 0.389. The zero-order chi connectivity index (χ0) is 18.3. The van der Waals surface area contributed by atoms with E-state index in [2.05, 4.69) is 15.0 Å². The van der Waals surface area contributed by atoms with Gasteiger partial charge in [-0.2, -0.15) is 13.2 Å². The molecule has 5 nitrogen and oxygen atoms in total. The van der Waals surface area contributed by atoms with Crippen LogP contribution in [-0.4, -0.2) is 45.0 Å². The molecule has 1 aliphatic heterocycles. The molecule has 136 valence electrons. The summed E-state index contributed by atoms with van der Waals surface area (Å²) >= 11 is 0. The summed E-state index contributed by atoms with van der Waals surface area (Å²) in [5.41, 5.74) is 2.49. The molecule has 3 aromatic rings. The molecule has 1 fully saturated rings. The summed E-state index contributed by atoms with van der Waals surface area (Å²) in [4.78, 5) is 25.1. The largest absolute Gasteiger partial charge is 0.397 e. The van der Waals surface area contributed by atoms with Gasteiger partial charge in [0.25, 0.3) is 0 Å². The first-order chi connectivity index (χ1) is 12.4. The number of nitrogens with one attached hydrogen (secondary N) is 1. The third kappa shape index (κ3) is 3.11. The number of amides is 1. The Bertz CT molecular complexity index is 966. The number of aromatic amines is 1. The minimum Gasteiger partial charge on any atom is -0.346 e. The molecule has 4 heterocycles. The van der Waals surface area contributed by atoms with Gasteiger partial charge in [-0.05, 0) is 30.5 Å². The van der Waals surface area contributed by atoms with Crippen LogP contribution >= 0.6 is 0 Å². The van der Waals surface area contributed by atoms with E-state index in [0.717, 1.165) is 33.9 Å². The van der Waals surface area contributed by atoms with E-state index in [1.807, 2.05) is 12.1 Å². The lowest BCUT2D eigenvalue weighted by molar-refractivity contribution is -0.162. The Morgan fingerprint density at radius 3 is 2.96 bits per heavy atom. The van der Waals surface area contributed by atoms with Crippen LogP contribution in [0.5, 0.6) is 0 Å². The standard InChI is InChI=1S/C18H17F3N4O/c19-18(20,21)8-15(26)25-7-1-2-11(10-25)12-3-5-22-14-9-24-17-13(16(12)14)4-6-23-17/h3-6,9,11H,1-2,7-8,10H2,(H,23,24)/t11-/m0/s1. The van der Waals surface area contributed by atoms with Crippen LogP contribution in [0.15, 0.2) is 30.7 Å². The van der Waals surface area contributed by atoms with Crippen LogP contribution in [0.3, 0.4) is 0 Å². The molecule has 0 spiro atoms. The number of likely N-dealkylation sites (tertiary alicyclic amines) is 1. The second kappa shape index (κ2) is 6.26. The van der Waals surface area contributed by atoms with E-state index in [1.165, 1.54) is 4.90 Å². The van der Waals surface area contributed by atoms with Crippen molar-refractivity contribution in [3.05, 3.63) is 36.3 Å². The van der Waals surface area contributed by atoms with Crippen molar-refractivity contribution in [1.82, 2.24) is 19.9 Å². The van der Waals surface area contributed by atoms with Crippen molar-refractivity contribution in [2.24, 2.45) is 0 Å². The van der Waals surface area contributed by atoms with Crippen molar-refractivity contribution in [2.75, 3.05) is 13.1 Å². The Morgan fingerprint density at radius 1 is 1.31 bits per heavy atom. The SMILES string of the molecule is O=C(CC(F)(F)F)N1CCC[C@H](c2ccnc3cnc4[nH]ccc4c23)C1. The topological polar surface area (TPSA) is 61.9 Å². The fourth-order valence-corrected chi connectivity index (χ4v) is 3.76. The Balaban J connectivity index is 1.69. The number of alkyl halides is 3. The Hall–Kier alpha value is -2.64. The van der Waals surface area contributed by atoms with Crippen LogP contribution in [0.4, 0.5) is 13.2 Å². The number of carbonyl (C=O) groups is 1. The molecule has 0 aromatic carbocycles. The molecular weight excluding hydrogens is 345 g/mol. The van der Waals surface area contributed by atoms with E-state index in [-0.39, 0.29) is 5.92 Å². The lowest BCUT2D eigenvalue weighted by atomic mass is 9.88. The average molecular weight is 362 g/mol. The predicted molar refractivity (Wildman–Crippen MR) is 90.6 cm³/mol. The van der Waals surface area contributed by atoms with Gasteiger partial charge >= 0.3 is 6.18 Å². The normalized spacial score (nSPS) is 18.6. The molecule has 0 aliphatic carbocycles. The highest BCUT2D eigenvalue weighted by molar-refractivity contribution is 6.05. The third-order valence-corrected chi connectivity index (χ3v) is 4.89. The highest BCUT2D eigenvalue weighted by Crippen LogP contribution is 2.35. The summed E-state index contributed by atoms with van der Waals surface area (Å²) in [5, 5.41) is 1.89. The summed E-state index contributed by atoms with van der Waals surface area (Å²) in [5.74, 6) is -0.874. The van der Waals surface area contributed by atoms with Crippen LogP contribution in [0.2, 0.25) is 0 Å². The fourth-order valence-electron chi connectivity index (χ4n) is 3.76. The van der Waals surface area contributed by atoms with Crippen molar-refractivity contribution < 1.29 is 18.0 Å². The average Bonchev–Trinajstić information content (AvgIpc) is 3.09. The van der Waals surface area contributed by atoms with E-state index < -0.39 is 18.5 Å². The van der Waals surface area contributed by atoms with Gasteiger partial charge in [0.15, 0.2) is 0 Å².